The van der Waals surface area contributed by atoms with Gasteiger partial charge in [0.1, 0.15) is 0 Å². The zero-order valence-corrected chi connectivity index (χ0v) is 14.3. The van der Waals surface area contributed by atoms with E-state index in [0.717, 1.165) is 49.4 Å². The number of nitrogens with zero attached hydrogens (tertiary/aromatic N) is 1. The Balaban J connectivity index is 1.62. The average molecular weight is 337 g/mol. The SMILES string of the molecule is CCNC(=O)C1CCN(Cc2sc3ccccc3c2Cl)CC1. The van der Waals surface area contributed by atoms with E-state index in [4.69, 9.17) is 11.6 Å². The zero-order chi connectivity index (χ0) is 15.5. The van der Waals surface area contributed by atoms with Gasteiger partial charge in [-0.05, 0) is 38.9 Å². The van der Waals surface area contributed by atoms with Crippen LogP contribution in [0.2, 0.25) is 5.02 Å². The number of nitrogens with one attached hydrogen (secondary N) is 1. The summed E-state index contributed by atoms with van der Waals surface area (Å²) in [6.07, 6.45) is 1.88. The van der Waals surface area contributed by atoms with E-state index in [1.165, 1.54) is 9.58 Å². The molecule has 22 heavy (non-hydrogen) atoms. The fourth-order valence-corrected chi connectivity index (χ4v) is 4.58. The molecule has 2 heterocycles. The van der Waals surface area contributed by atoms with Gasteiger partial charge >= 0.3 is 0 Å². The minimum atomic E-state index is 0.175. The van der Waals surface area contributed by atoms with Crippen LogP contribution in [0, 0.1) is 5.92 Å². The topological polar surface area (TPSA) is 32.3 Å². The quantitative estimate of drug-likeness (QED) is 0.918. The number of hydrogen-bond donors (Lipinski definition) is 1. The highest BCUT2D eigenvalue weighted by molar-refractivity contribution is 7.19. The second kappa shape index (κ2) is 6.99. The van der Waals surface area contributed by atoms with Crippen molar-refractivity contribution in [1.82, 2.24) is 10.2 Å². The van der Waals surface area contributed by atoms with Crippen LogP contribution in [0.15, 0.2) is 24.3 Å². The number of likely N-dealkylation sites (tertiary alicyclic amines) is 1. The molecular weight excluding hydrogens is 316 g/mol. The van der Waals surface area contributed by atoms with Crippen LogP contribution < -0.4 is 5.32 Å². The normalized spacial score (nSPS) is 17.0. The number of halogens is 1. The molecule has 0 radical (unpaired) electrons. The molecule has 0 spiro atoms. The summed E-state index contributed by atoms with van der Waals surface area (Å²) in [4.78, 5) is 15.5. The fourth-order valence-electron chi connectivity index (χ4n) is 3.04. The lowest BCUT2D eigenvalue weighted by molar-refractivity contribution is -0.126. The zero-order valence-electron chi connectivity index (χ0n) is 12.8. The van der Waals surface area contributed by atoms with E-state index in [0.29, 0.717) is 0 Å². The minimum Gasteiger partial charge on any atom is -0.356 e. The summed E-state index contributed by atoms with van der Waals surface area (Å²) in [6, 6.07) is 8.29. The van der Waals surface area contributed by atoms with Gasteiger partial charge in [0, 0.05) is 34.0 Å². The molecule has 0 atom stereocenters. The second-order valence-electron chi connectivity index (χ2n) is 5.78. The van der Waals surface area contributed by atoms with Gasteiger partial charge in [0.2, 0.25) is 5.91 Å². The predicted octanol–water partition coefficient (Wildman–Crippen LogP) is 3.90. The van der Waals surface area contributed by atoms with Crippen LogP contribution in [-0.2, 0) is 11.3 Å². The van der Waals surface area contributed by atoms with Gasteiger partial charge in [-0.1, -0.05) is 29.8 Å². The van der Waals surface area contributed by atoms with E-state index in [1.807, 2.05) is 13.0 Å². The first-order valence-corrected chi connectivity index (χ1v) is 9.04. The number of rotatable bonds is 4. The molecule has 1 aliphatic rings. The number of piperidine rings is 1. The van der Waals surface area contributed by atoms with Gasteiger partial charge in [-0.2, -0.15) is 0 Å². The molecule has 0 aliphatic carbocycles. The van der Waals surface area contributed by atoms with Gasteiger partial charge in [0.15, 0.2) is 0 Å². The number of benzene rings is 1. The summed E-state index contributed by atoms with van der Waals surface area (Å²) in [5, 5.41) is 4.98. The van der Waals surface area contributed by atoms with E-state index in [2.05, 4.69) is 28.4 Å². The highest BCUT2D eigenvalue weighted by Crippen LogP contribution is 2.36. The van der Waals surface area contributed by atoms with Crippen LogP contribution >= 0.6 is 22.9 Å². The summed E-state index contributed by atoms with van der Waals surface area (Å²) < 4.78 is 1.25. The van der Waals surface area contributed by atoms with Crippen molar-refractivity contribution in [2.24, 2.45) is 5.92 Å². The molecule has 2 aromatic rings. The summed E-state index contributed by atoms with van der Waals surface area (Å²) >= 11 is 8.30. The number of fused-ring (bicyclic) bond motifs is 1. The van der Waals surface area contributed by atoms with Crippen molar-refractivity contribution in [2.45, 2.75) is 26.3 Å². The maximum absolute atomic E-state index is 11.9. The Labute approximate surface area is 140 Å². The second-order valence-corrected chi connectivity index (χ2v) is 7.30. The number of hydrogen-bond acceptors (Lipinski definition) is 3. The van der Waals surface area contributed by atoms with Crippen molar-refractivity contribution >= 4 is 38.9 Å². The lowest BCUT2D eigenvalue weighted by Gasteiger charge is -2.30. The van der Waals surface area contributed by atoms with Crippen LogP contribution in [0.1, 0.15) is 24.6 Å². The Morgan fingerprint density at radius 3 is 2.77 bits per heavy atom. The largest absolute Gasteiger partial charge is 0.356 e. The molecule has 3 rings (SSSR count). The summed E-state index contributed by atoms with van der Waals surface area (Å²) in [7, 11) is 0. The first kappa shape index (κ1) is 15.8. The highest BCUT2D eigenvalue weighted by atomic mass is 35.5. The smallest absolute Gasteiger partial charge is 0.223 e. The van der Waals surface area contributed by atoms with Gasteiger partial charge in [0.25, 0.3) is 0 Å². The van der Waals surface area contributed by atoms with Crippen LogP contribution in [0.3, 0.4) is 0 Å². The molecule has 0 saturated carbocycles. The van der Waals surface area contributed by atoms with Crippen molar-refractivity contribution < 1.29 is 4.79 Å². The Kier molecular flexibility index (Phi) is 5.01. The number of thiophene rings is 1. The van der Waals surface area contributed by atoms with Gasteiger partial charge in [0.05, 0.1) is 5.02 Å². The van der Waals surface area contributed by atoms with Crippen LogP contribution in [0.25, 0.3) is 10.1 Å². The molecule has 1 aromatic heterocycles. The van der Waals surface area contributed by atoms with E-state index in [9.17, 15) is 4.79 Å². The predicted molar refractivity (Wildman–Crippen MR) is 93.5 cm³/mol. The van der Waals surface area contributed by atoms with E-state index in [-0.39, 0.29) is 11.8 Å². The van der Waals surface area contributed by atoms with Crippen LogP contribution in [0.4, 0.5) is 0 Å². The first-order valence-electron chi connectivity index (χ1n) is 7.85. The van der Waals surface area contributed by atoms with Crippen molar-refractivity contribution in [1.29, 1.82) is 0 Å². The monoisotopic (exact) mass is 336 g/mol. The third-order valence-electron chi connectivity index (χ3n) is 4.28. The number of amides is 1. The van der Waals surface area contributed by atoms with Gasteiger partial charge in [-0.25, -0.2) is 0 Å². The molecule has 5 heteroatoms. The summed E-state index contributed by atoms with van der Waals surface area (Å²) in [5.41, 5.74) is 0. The molecule has 1 fully saturated rings. The highest BCUT2D eigenvalue weighted by Gasteiger charge is 2.25. The molecule has 0 bridgehead atoms. The van der Waals surface area contributed by atoms with E-state index < -0.39 is 0 Å². The lowest BCUT2D eigenvalue weighted by Crippen LogP contribution is -2.40. The minimum absolute atomic E-state index is 0.175. The van der Waals surface area contributed by atoms with Gasteiger partial charge in [-0.15, -0.1) is 11.3 Å². The Hall–Kier alpha value is -1.10. The fraction of sp³-hybridized carbons (Fsp3) is 0.471. The van der Waals surface area contributed by atoms with Crippen molar-refractivity contribution in [2.75, 3.05) is 19.6 Å². The average Bonchev–Trinajstić information content (AvgIpc) is 2.85. The van der Waals surface area contributed by atoms with E-state index >= 15 is 0 Å². The molecule has 1 aromatic carbocycles. The van der Waals surface area contributed by atoms with Crippen molar-refractivity contribution in [3.63, 3.8) is 0 Å². The maximum Gasteiger partial charge on any atom is 0.223 e. The molecule has 1 amide bonds. The summed E-state index contributed by atoms with van der Waals surface area (Å²) in [5.74, 6) is 0.385. The lowest BCUT2D eigenvalue weighted by atomic mass is 9.96. The third-order valence-corrected chi connectivity index (χ3v) is 5.98. The first-order chi connectivity index (χ1) is 10.7. The molecule has 1 aliphatic heterocycles. The number of carbonyl (C=O) groups excluding carboxylic acids is 1. The third kappa shape index (κ3) is 3.29. The molecular formula is C17H21ClN2OS. The molecule has 118 valence electrons. The maximum atomic E-state index is 11.9. The van der Waals surface area contributed by atoms with Gasteiger partial charge in [-0.3, -0.25) is 9.69 Å². The van der Waals surface area contributed by atoms with Crippen molar-refractivity contribution in [3.8, 4) is 0 Å². The standard InChI is InChI=1S/C17H21ClN2OS/c1-2-19-17(21)12-7-9-20(10-8-12)11-15-16(18)13-5-3-4-6-14(13)22-15/h3-6,12H,2,7-11H2,1H3,(H,19,21). The molecule has 0 unspecified atom stereocenters. The Morgan fingerprint density at radius 2 is 2.09 bits per heavy atom. The van der Waals surface area contributed by atoms with Crippen LogP contribution in [-0.4, -0.2) is 30.4 Å². The van der Waals surface area contributed by atoms with Crippen LogP contribution in [0.5, 0.6) is 0 Å². The Morgan fingerprint density at radius 1 is 1.36 bits per heavy atom. The number of carbonyl (C=O) groups is 1. The molecule has 1 N–H and O–H groups in total. The molecule has 1 saturated heterocycles. The van der Waals surface area contributed by atoms with Crippen molar-refractivity contribution in [3.05, 3.63) is 34.2 Å². The van der Waals surface area contributed by atoms with E-state index in [1.54, 1.807) is 11.3 Å². The molecule has 3 nitrogen and oxygen atoms in total. The van der Waals surface area contributed by atoms with Gasteiger partial charge < -0.3 is 5.32 Å². The summed E-state index contributed by atoms with van der Waals surface area (Å²) in [6.45, 7) is 5.51. The Bertz CT molecular complexity index is 662.